The summed E-state index contributed by atoms with van der Waals surface area (Å²) in [5.41, 5.74) is -2.27. The van der Waals surface area contributed by atoms with E-state index in [0.717, 1.165) is 38.2 Å². The van der Waals surface area contributed by atoms with E-state index in [-0.39, 0.29) is 0 Å². The third-order valence-corrected chi connectivity index (χ3v) is 6.44. The molecule has 0 aromatic carbocycles. The van der Waals surface area contributed by atoms with E-state index in [4.69, 9.17) is 4.74 Å². The molecule has 0 amide bonds. The largest absolute Gasteiger partial charge is 0.374 e. The highest BCUT2D eigenvalue weighted by atomic mass is 19.3. The van der Waals surface area contributed by atoms with Gasteiger partial charge in [-0.3, -0.25) is 0 Å². The topological polar surface area (TPSA) is 9.23 Å². The summed E-state index contributed by atoms with van der Waals surface area (Å²) < 4.78 is 36.4. The van der Waals surface area contributed by atoms with Crippen LogP contribution >= 0.6 is 0 Å². The molecule has 154 valence electrons. The van der Waals surface area contributed by atoms with Gasteiger partial charge in [0.25, 0.3) is 5.92 Å². The van der Waals surface area contributed by atoms with Crippen molar-refractivity contribution in [2.75, 3.05) is 6.61 Å². The van der Waals surface area contributed by atoms with Gasteiger partial charge in [-0.05, 0) is 25.3 Å². The van der Waals surface area contributed by atoms with Gasteiger partial charge in [-0.2, -0.15) is 0 Å². The van der Waals surface area contributed by atoms with Crippen LogP contribution in [0, 0.1) is 5.41 Å². The van der Waals surface area contributed by atoms with Gasteiger partial charge in [-0.15, -0.1) is 6.58 Å². The number of unbranched alkanes of at least 4 members (excludes halogenated alkanes) is 7. The van der Waals surface area contributed by atoms with Crippen molar-refractivity contribution >= 4 is 0 Å². The molecule has 2 rings (SSSR count). The Kier molecular flexibility index (Phi) is 8.72. The SMILES string of the molecule is C=CC1(C2(OCCCCCCCCCC)CCCCC2)C=CC=CC1(F)F. The normalized spacial score (nSPS) is 26.2. The van der Waals surface area contributed by atoms with Crippen molar-refractivity contribution in [1.29, 1.82) is 0 Å². The van der Waals surface area contributed by atoms with Crippen LogP contribution in [0.1, 0.15) is 90.4 Å². The second-order valence-corrected chi connectivity index (χ2v) is 8.29. The van der Waals surface area contributed by atoms with Crippen LogP contribution in [0.3, 0.4) is 0 Å². The van der Waals surface area contributed by atoms with Gasteiger partial charge in [-0.1, -0.05) is 95.4 Å². The lowest BCUT2D eigenvalue weighted by atomic mass is 9.60. The van der Waals surface area contributed by atoms with Crippen LogP contribution in [0.15, 0.2) is 37.0 Å². The summed E-state index contributed by atoms with van der Waals surface area (Å²) in [5, 5.41) is 0. The quantitative estimate of drug-likeness (QED) is 0.248. The van der Waals surface area contributed by atoms with Crippen molar-refractivity contribution in [3.8, 4) is 0 Å². The monoisotopic (exact) mass is 380 g/mol. The Bertz CT molecular complexity index is 503. The van der Waals surface area contributed by atoms with Crippen molar-refractivity contribution in [2.45, 2.75) is 102 Å². The zero-order valence-corrected chi connectivity index (χ0v) is 17.2. The molecule has 2 aliphatic carbocycles. The molecule has 1 atom stereocenters. The summed E-state index contributed by atoms with van der Waals surface area (Å²) in [7, 11) is 0. The predicted molar refractivity (Wildman–Crippen MR) is 110 cm³/mol. The molecule has 0 aromatic heterocycles. The molecule has 0 spiro atoms. The smallest absolute Gasteiger partial charge is 0.281 e. The summed E-state index contributed by atoms with van der Waals surface area (Å²) in [4.78, 5) is 0. The fraction of sp³-hybridized carbons (Fsp3) is 0.750. The van der Waals surface area contributed by atoms with E-state index in [0.29, 0.717) is 19.4 Å². The molecule has 1 nitrogen and oxygen atoms in total. The first-order chi connectivity index (χ1) is 13.0. The van der Waals surface area contributed by atoms with Crippen molar-refractivity contribution in [1.82, 2.24) is 0 Å². The molecule has 27 heavy (non-hydrogen) atoms. The molecule has 0 aromatic rings. The van der Waals surface area contributed by atoms with Crippen LogP contribution < -0.4 is 0 Å². The highest BCUT2D eigenvalue weighted by molar-refractivity contribution is 5.34. The second kappa shape index (κ2) is 10.5. The van der Waals surface area contributed by atoms with Gasteiger partial charge in [0.1, 0.15) is 5.41 Å². The first-order valence-electron chi connectivity index (χ1n) is 11.1. The minimum absolute atomic E-state index is 0.568. The lowest BCUT2D eigenvalue weighted by Gasteiger charge is -2.52. The van der Waals surface area contributed by atoms with Gasteiger partial charge in [0.15, 0.2) is 0 Å². The Morgan fingerprint density at radius 1 is 0.889 bits per heavy atom. The molecule has 0 saturated heterocycles. The van der Waals surface area contributed by atoms with Gasteiger partial charge >= 0.3 is 0 Å². The average molecular weight is 381 g/mol. The van der Waals surface area contributed by atoms with Crippen molar-refractivity contribution in [2.24, 2.45) is 5.41 Å². The number of hydrogen-bond donors (Lipinski definition) is 0. The zero-order chi connectivity index (χ0) is 19.6. The van der Waals surface area contributed by atoms with E-state index < -0.39 is 16.9 Å². The molecule has 2 aliphatic rings. The Morgan fingerprint density at radius 3 is 2.07 bits per heavy atom. The number of allylic oxidation sites excluding steroid dienone is 3. The van der Waals surface area contributed by atoms with E-state index in [1.54, 1.807) is 12.2 Å². The van der Waals surface area contributed by atoms with Crippen LogP contribution in [-0.2, 0) is 4.74 Å². The number of halogens is 2. The van der Waals surface area contributed by atoms with Crippen molar-refractivity contribution in [3.05, 3.63) is 37.0 Å². The third kappa shape index (κ3) is 5.10. The number of rotatable bonds is 12. The van der Waals surface area contributed by atoms with Crippen LogP contribution in [-0.4, -0.2) is 18.1 Å². The first kappa shape index (κ1) is 22.3. The number of alkyl halides is 2. The number of hydrogen-bond acceptors (Lipinski definition) is 1. The minimum Gasteiger partial charge on any atom is -0.374 e. The maximum atomic E-state index is 15.0. The van der Waals surface area contributed by atoms with E-state index in [9.17, 15) is 0 Å². The van der Waals surface area contributed by atoms with Gasteiger partial charge in [0.2, 0.25) is 0 Å². The van der Waals surface area contributed by atoms with Crippen LogP contribution in [0.25, 0.3) is 0 Å². The molecule has 0 heterocycles. The Labute approximate surface area is 164 Å². The van der Waals surface area contributed by atoms with Gasteiger partial charge in [-0.25, -0.2) is 8.78 Å². The molecule has 0 N–H and O–H groups in total. The van der Waals surface area contributed by atoms with E-state index >= 15 is 8.78 Å². The van der Waals surface area contributed by atoms with Gasteiger partial charge < -0.3 is 4.74 Å². The van der Waals surface area contributed by atoms with E-state index in [2.05, 4.69) is 13.5 Å². The lowest BCUT2D eigenvalue weighted by molar-refractivity contribution is -0.191. The summed E-state index contributed by atoms with van der Waals surface area (Å²) in [6.45, 7) is 6.62. The standard InChI is InChI=1S/C24H38F2O/c1-3-5-6-7-8-9-10-16-21-27-23(18-12-11-13-19-23)22(4-2)17-14-15-20-24(22,25)26/h4,14-15,17,20H,2-3,5-13,16,18-19,21H2,1H3. The Balaban J connectivity index is 1.93. The predicted octanol–water partition coefficient (Wildman–Crippen LogP) is 7.78. The Hall–Kier alpha value is -0.960. The molecular formula is C24H38F2O. The first-order valence-corrected chi connectivity index (χ1v) is 11.1. The molecule has 3 heteroatoms. The maximum Gasteiger partial charge on any atom is 0.281 e. The zero-order valence-electron chi connectivity index (χ0n) is 17.2. The fourth-order valence-electron chi connectivity index (χ4n) is 4.78. The van der Waals surface area contributed by atoms with Crippen molar-refractivity contribution in [3.63, 3.8) is 0 Å². The highest BCUT2D eigenvalue weighted by Gasteiger charge is 2.62. The van der Waals surface area contributed by atoms with Crippen molar-refractivity contribution < 1.29 is 13.5 Å². The molecule has 1 fully saturated rings. The van der Waals surface area contributed by atoms with Crippen LogP contribution in [0.4, 0.5) is 8.78 Å². The van der Waals surface area contributed by atoms with E-state index in [1.165, 1.54) is 50.7 Å². The molecule has 1 saturated carbocycles. The third-order valence-electron chi connectivity index (χ3n) is 6.44. The molecule has 0 bridgehead atoms. The molecule has 0 aliphatic heterocycles. The summed E-state index contributed by atoms with van der Waals surface area (Å²) in [6, 6.07) is 0. The molecule has 1 unspecified atom stereocenters. The fourth-order valence-corrected chi connectivity index (χ4v) is 4.78. The Morgan fingerprint density at radius 2 is 1.48 bits per heavy atom. The maximum absolute atomic E-state index is 15.0. The summed E-state index contributed by atoms with van der Waals surface area (Å²) in [6.07, 6.45) is 21.4. The van der Waals surface area contributed by atoms with Gasteiger partial charge in [0.05, 0.1) is 5.60 Å². The minimum atomic E-state index is -2.96. The highest BCUT2D eigenvalue weighted by Crippen LogP contribution is 2.56. The van der Waals surface area contributed by atoms with Gasteiger partial charge in [0, 0.05) is 6.61 Å². The average Bonchev–Trinajstić information content (AvgIpc) is 2.67. The lowest BCUT2D eigenvalue weighted by Crippen LogP contribution is -2.58. The van der Waals surface area contributed by atoms with E-state index in [1.807, 2.05) is 0 Å². The van der Waals surface area contributed by atoms with Crippen LogP contribution in [0.5, 0.6) is 0 Å². The summed E-state index contributed by atoms with van der Waals surface area (Å²) >= 11 is 0. The second-order valence-electron chi connectivity index (χ2n) is 8.29. The van der Waals surface area contributed by atoms with Crippen LogP contribution in [0.2, 0.25) is 0 Å². The summed E-state index contributed by atoms with van der Waals surface area (Å²) in [5.74, 6) is -2.96. The molecular weight excluding hydrogens is 342 g/mol. The molecule has 0 radical (unpaired) electrons. The number of ether oxygens (including phenoxy) is 1.